The number of furan rings is 1. The van der Waals surface area contributed by atoms with Gasteiger partial charge in [0.1, 0.15) is 11.1 Å². The first kappa shape index (κ1) is 28.0. The number of fused-ring (bicyclic) bond motifs is 8. The molecule has 4 nitrogen and oxygen atoms in total. The zero-order valence-corrected chi connectivity index (χ0v) is 27.7. The summed E-state index contributed by atoms with van der Waals surface area (Å²) in [5, 5.41) is 4.53. The highest BCUT2D eigenvalue weighted by molar-refractivity contribution is 6.21. The molecule has 0 fully saturated rings. The van der Waals surface area contributed by atoms with Gasteiger partial charge in [0.05, 0.1) is 16.9 Å². The van der Waals surface area contributed by atoms with Crippen LogP contribution < -0.4 is 0 Å². The van der Waals surface area contributed by atoms with E-state index in [-0.39, 0.29) is 16.2 Å². The third-order valence-electron chi connectivity index (χ3n) is 11.9. The predicted octanol–water partition coefficient (Wildman–Crippen LogP) is 11.4. The lowest BCUT2D eigenvalue weighted by Crippen LogP contribution is -2.42. The molecule has 5 aromatic carbocycles. The van der Waals surface area contributed by atoms with E-state index in [1.54, 1.807) is 0 Å². The van der Waals surface area contributed by atoms with E-state index >= 15 is 0 Å². The second-order valence-corrected chi connectivity index (χ2v) is 14.7. The van der Waals surface area contributed by atoms with E-state index in [2.05, 4.69) is 143 Å². The Labute approximate surface area is 274 Å². The maximum absolute atomic E-state index is 6.73. The summed E-state index contributed by atoms with van der Waals surface area (Å²) >= 11 is 0. The standard InChI is InChI=1S/C43H37N3O/c1-41(2)32-23-31-29-21-22-30-28-19-13-14-20-37(28)47-39(30)38(29)46(36(31)24-33(32)42(3,4)43(41,5)6)40-44-34(26-15-9-7-10-16-26)25-35(45-40)27-17-11-8-12-18-27/h7-25H,1-6H3. The molecule has 0 spiro atoms. The smallest absolute Gasteiger partial charge is 0.235 e. The van der Waals surface area contributed by atoms with Gasteiger partial charge in [-0.05, 0) is 57.7 Å². The van der Waals surface area contributed by atoms with Gasteiger partial charge in [-0.3, -0.25) is 4.57 Å². The van der Waals surface area contributed by atoms with Crippen molar-refractivity contribution in [2.75, 3.05) is 0 Å². The van der Waals surface area contributed by atoms with Crippen LogP contribution in [0.1, 0.15) is 52.7 Å². The van der Waals surface area contributed by atoms with Crippen molar-refractivity contribution in [3.8, 4) is 28.5 Å². The number of benzene rings is 5. The molecule has 0 N–H and O–H groups in total. The molecule has 9 rings (SSSR count). The molecule has 0 bridgehead atoms. The van der Waals surface area contributed by atoms with E-state index in [0.717, 1.165) is 60.9 Å². The van der Waals surface area contributed by atoms with Crippen LogP contribution >= 0.6 is 0 Å². The van der Waals surface area contributed by atoms with Gasteiger partial charge in [0.2, 0.25) is 5.95 Å². The van der Waals surface area contributed by atoms with Gasteiger partial charge in [0.25, 0.3) is 0 Å². The van der Waals surface area contributed by atoms with Gasteiger partial charge in [-0.2, -0.15) is 0 Å². The largest absolute Gasteiger partial charge is 0.454 e. The van der Waals surface area contributed by atoms with E-state index in [0.29, 0.717) is 5.95 Å². The van der Waals surface area contributed by atoms with E-state index in [9.17, 15) is 0 Å². The van der Waals surface area contributed by atoms with Gasteiger partial charge in [-0.25, -0.2) is 9.97 Å². The summed E-state index contributed by atoms with van der Waals surface area (Å²) in [5.41, 5.74) is 10.4. The molecule has 3 heterocycles. The molecule has 0 radical (unpaired) electrons. The minimum atomic E-state index is -0.0576. The minimum absolute atomic E-state index is 0.0257. The molecular formula is C43H37N3O. The topological polar surface area (TPSA) is 43.9 Å². The average Bonchev–Trinajstić information content (AvgIpc) is 3.66. The zero-order valence-electron chi connectivity index (χ0n) is 27.7. The quantitative estimate of drug-likeness (QED) is 0.200. The van der Waals surface area contributed by atoms with Crippen molar-refractivity contribution >= 4 is 43.7 Å². The second kappa shape index (κ2) is 9.42. The molecular weight excluding hydrogens is 574 g/mol. The molecule has 3 aromatic heterocycles. The molecule has 0 unspecified atom stereocenters. The van der Waals surface area contributed by atoms with Crippen LogP contribution in [0, 0.1) is 5.41 Å². The molecule has 230 valence electrons. The molecule has 1 aliphatic rings. The first-order chi connectivity index (χ1) is 22.6. The predicted molar refractivity (Wildman–Crippen MR) is 194 cm³/mol. The lowest BCUT2D eigenvalue weighted by Gasteiger charge is -2.44. The molecule has 0 aliphatic heterocycles. The van der Waals surface area contributed by atoms with Crippen LogP contribution in [0.5, 0.6) is 0 Å². The molecule has 0 saturated heterocycles. The first-order valence-electron chi connectivity index (χ1n) is 16.5. The summed E-state index contributed by atoms with van der Waals surface area (Å²) in [4.78, 5) is 10.7. The highest BCUT2D eigenvalue weighted by Crippen LogP contribution is 2.62. The SMILES string of the molecule is CC1(C)c2cc3c4ccc5c6ccccc6oc5c4n(-c4nc(-c5ccccc5)cc(-c5ccccc5)n4)c3cc2C(C)(C)C1(C)C. The van der Waals surface area contributed by atoms with Crippen LogP contribution in [0.15, 0.2) is 120 Å². The summed E-state index contributed by atoms with van der Waals surface area (Å²) in [5.74, 6) is 0.632. The van der Waals surface area contributed by atoms with Crippen LogP contribution in [0.4, 0.5) is 0 Å². The number of rotatable bonds is 3. The molecule has 0 atom stereocenters. The van der Waals surface area contributed by atoms with Crippen molar-refractivity contribution < 1.29 is 4.42 Å². The first-order valence-corrected chi connectivity index (χ1v) is 16.5. The summed E-state index contributed by atoms with van der Waals surface area (Å²) in [6.45, 7) is 14.4. The van der Waals surface area contributed by atoms with Crippen molar-refractivity contribution in [3.63, 3.8) is 0 Å². The number of nitrogens with zero attached hydrogens (tertiary/aromatic N) is 3. The summed E-state index contributed by atoms with van der Waals surface area (Å²) in [6, 6.07) is 40.6. The van der Waals surface area contributed by atoms with Crippen molar-refractivity contribution in [1.82, 2.24) is 14.5 Å². The normalized spacial score (nSPS) is 16.4. The average molecular weight is 612 g/mol. The third-order valence-corrected chi connectivity index (χ3v) is 11.9. The maximum atomic E-state index is 6.73. The highest BCUT2D eigenvalue weighted by atomic mass is 16.3. The molecule has 47 heavy (non-hydrogen) atoms. The van der Waals surface area contributed by atoms with Crippen LogP contribution in [0.3, 0.4) is 0 Å². The minimum Gasteiger partial charge on any atom is -0.454 e. The van der Waals surface area contributed by atoms with E-state index in [1.807, 2.05) is 18.2 Å². The van der Waals surface area contributed by atoms with Crippen LogP contribution in [-0.2, 0) is 10.8 Å². The van der Waals surface area contributed by atoms with Crippen molar-refractivity contribution in [2.24, 2.45) is 5.41 Å². The van der Waals surface area contributed by atoms with Crippen molar-refractivity contribution in [1.29, 1.82) is 0 Å². The molecule has 4 heteroatoms. The molecule has 1 aliphatic carbocycles. The maximum Gasteiger partial charge on any atom is 0.235 e. The summed E-state index contributed by atoms with van der Waals surface area (Å²) < 4.78 is 8.99. The molecule has 0 amide bonds. The number of aromatic nitrogens is 3. The molecule has 8 aromatic rings. The zero-order chi connectivity index (χ0) is 32.3. The fourth-order valence-electron chi connectivity index (χ4n) is 8.07. The Bertz CT molecular complexity index is 2470. The number of para-hydroxylation sites is 1. The van der Waals surface area contributed by atoms with E-state index < -0.39 is 0 Å². The van der Waals surface area contributed by atoms with Crippen molar-refractivity contribution in [2.45, 2.75) is 52.4 Å². The monoisotopic (exact) mass is 611 g/mol. The van der Waals surface area contributed by atoms with Gasteiger partial charge >= 0.3 is 0 Å². The number of hydrogen-bond donors (Lipinski definition) is 0. The van der Waals surface area contributed by atoms with E-state index in [1.165, 1.54) is 16.5 Å². The lowest BCUT2D eigenvalue weighted by molar-refractivity contribution is 0.125. The van der Waals surface area contributed by atoms with Crippen LogP contribution in [0.2, 0.25) is 0 Å². The Kier molecular flexibility index (Phi) is 5.62. The van der Waals surface area contributed by atoms with Gasteiger partial charge in [0, 0.05) is 32.7 Å². The van der Waals surface area contributed by atoms with Crippen LogP contribution in [-0.4, -0.2) is 14.5 Å². The number of hydrogen-bond acceptors (Lipinski definition) is 3. The van der Waals surface area contributed by atoms with Gasteiger partial charge in [-0.1, -0.05) is 126 Å². The third kappa shape index (κ3) is 3.70. The Hall–Kier alpha value is -5.22. The Morgan fingerprint density at radius 3 is 1.72 bits per heavy atom. The van der Waals surface area contributed by atoms with E-state index in [4.69, 9.17) is 14.4 Å². The van der Waals surface area contributed by atoms with Gasteiger partial charge in [0.15, 0.2) is 5.58 Å². The molecule has 0 saturated carbocycles. The van der Waals surface area contributed by atoms with Gasteiger partial charge in [-0.15, -0.1) is 0 Å². The lowest BCUT2D eigenvalue weighted by atomic mass is 9.59. The Morgan fingerprint density at radius 1 is 0.532 bits per heavy atom. The summed E-state index contributed by atoms with van der Waals surface area (Å²) in [7, 11) is 0. The highest BCUT2D eigenvalue weighted by Gasteiger charge is 2.57. The Balaban J connectivity index is 1.46. The fraction of sp³-hybridized carbons (Fsp3) is 0.209. The van der Waals surface area contributed by atoms with Crippen molar-refractivity contribution in [3.05, 3.63) is 126 Å². The van der Waals surface area contributed by atoms with Gasteiger partial charge < -0.3 is 4.42 Å². The van der Waals surface area contributed by atoms with Crippen LogP contribution in [0.25, 0.3) is 72.2 Å². The fourth-order valence-corrected chi connectivity index (χ4v) is 8.07. The Morgan fingerprint density at radius 2 is 1.09 bits per heavy atom. The summed E-state index contributed by atoms with van der Waals surface area (Å²) in [6.07, 6.45) is 0. The second-order valence-electron chi connectivity index (χ2n) is 14.7.